The number of hydrogen-bond donors (Lipinski definition) is 0. The fourth-order valence-corrected chi connectivity index (χ4v) is 2.71. The van der Waals surface area contributed by atoms with E-state index in [1.807, 2.05) is 48.5 Å². The molecule has 1 aliphatic carbocycles. The third kappa shape index (κ3) is 2.45. The average molecular weight is 263 g/mol. The molecule has 0 saturated heterocycles. The normalized spacial score (nSPS) is 24.1. The maximum atomic E-state index is 9.49. The molecule has 2 aromatic rings. The predicted octanol–water partition coefficient (Wildman–Crippen LogP) is 3.68. The minimum Gasteiger partial charge on any atom is -0.376 e. The van der Waals surface area contributed by atoms with Crippen LogP contribution in [0.5, 0.6) is 0 Å². The maximum Gasteiger partial charge on any atom is 0.0877 e. The fraction of sp³-hybridized carbons (Fsp3) is 0.278. The molecule has 1 fully saturated rings. The largest absolute Gasteiger partial charge is 0.376 e. The Morgan fingerprint density at radius 3 is 2.35 bits per heavy atom. The van der Waals surface area contributed by atoms with Crippen LogP contribution in [0.4, 0.5) is 0 Å². The first-order chi connectivity index (χ1) is 9.85. The summed E-state index contributed by atoms with van der Waals surface area (Å²) in [5.74, 6) is 0.318. The predicted molar refractivity (Wildman–Crippen MR) is 77.9 cm³/mol. The third-order valence-electron chi connectivity index (χ3n) is 4.02. The summed E-state index contributed by atoms with van der Waals surface area (Å²) in [4.78, 5) is 0. The lowest BCUT2D eigenvalue weighted by atomic mass is 9.95. The van der Waals surface area contributed by atoms with Gasteiger partial charge in [0, 0.05) is 5.92 Å². The number of nitriles is 1. The molecule has 0 aliphatic heterocycles. The molecule has 1 saturated carbocycles. The van der Waals surface area contributed by atoms with Crippen LogP contribution in [0.15, 0.2) is 60.7 Å². The number of benzene rings is 2. The van der Waals surface area contributed by atoms with Gasteiger partial charge in [-0.1, -0.05) is 60.7 Å². The van der Waals surface area contributed by atoms with Crippen molar-refractivity contribution in [3.63, 3.8) is 0 Å². The lowest BCUT2D eigenvalue weighted by Crippen LogP contribution is -2.10. The van der Waals surface area contributed by atoms with Crippen LogP contribution in [-0.4, -0.2) is 6.61 Å². The monoisotopic (exact) mass is 263 g/mol. The van der Waals surface area contributed by atoms with E-state index >= 15 is 0 Å². The summed E-state index contributed by atoms with van der Waals surface area (Å²) in [6.45, 7) is 1.27. The van der Waals surface area contributed by atoms with E-state index in [-0.39, 0.29) is 5.41 Å². The van der Waals surface area contributed by atoms with Gasteiger partial charge in [-0.2, -0.15) is 5.26 Å². The Morgan fingerprint density at radius 2 is 1.70 bits per heavy atom. The van der Waals surface area contributed by atoms with Gasteiger partial charge in [0.2, 0.25) is 0 Å². The summed E-state index contributed by atoms with van der Waals surface area (Å²) < 4.78 is 5.77. The van der Waals surface area contributed by atoms with Crippen molar-refractivity contribution < 1.29 is 4.74 Å². The molecule has 0 spiro atoms. The van der Waals surface area contributed by atoms with Crippen LogP contribution in [0, 0.1) is 17.2 Å². The van der Waals surface area contributed by atoms with Gasteiger partial charge in [0.15, 0.2) is 0 Å². The van der Waals surface area contributed by atoms with Crippen molar-refractivity contribution in [2.45, 2.75) is 18.4 Å². The molecule has 0 aromatic heterocycles. The lowest BCUT2D eigenvalue weighted by Gasteiger charge is -2.09. The molecule has 1 aliphatic rings. The van der Waals surface area contributed by atoms with Crippen LogP contribution >= 0.6 is 0 Å². The van der Waals surface area contributed by atoms with E-state index in [1.54, 1.807) is 0 Å². The molecule has 2 heteroatoms. The summed E-state index contributed by atoms with van der Waals surface area (Å²) in [6.07, 6.45) is 0.905. The van der Waals surface area contributed by atoms with Crippen LogP contribution < -0.4 is 0 Å². The Balaban J connectivity index is 1.57. The molecule has 1 unspecified atom stereocenters. The highest BCUT2D eigenvalue weighted by Crippen LogP contribution is 2.53. The van der Waals surface area contributed by atoms with E-state index < -0.39 is 0 Å². The van der Waals surface area contributed by atoms with Gasteiger partial charge in [-0.3, -0.25) is 0 Å². The molecule has 3 rings (SSSR count). The van der Waals surface area contributed by atoms with E-state index in [0.717, 1.165) is 12.0 Å². The zero-order valence-corrected chi connectivity index (χ0v) is 11.3. The van der Waals surface area contributed by atoms with E-state index in [2.05, 4.69) is 18.2 Å². The molecule has 0 N–H and O–H groups in total. The van der Waals surface area contributed by atoms with Gasteiger partial charge in [-0.05, 0) is 17.5 Å². The van der Waals surface area contributed by atoms with Gasteiger partial charge in [0.1, 0.15) is 0 Å². The highest BCUT2D eigenvalue weighted by atomic mass is 16.5. The van der Waals surface area contributed by atoms with Crippen molar-refractivity contribution in [3.8, 4) is 6.07 Å². The first kappa shape index (κ1) is 12.9. The van der Waals surface area contributed by atoms with Crippen LogP contribution in [0.25, 0.3) is 0 Å². The van der Waals surface area contributed by atoms with Gasteiger partial charge in [-0.25, -0.2) is 0 Å². The highest BCUT2D eigenvalue weighted by molar-refractivity contribution is 5.41. The van der Waals surface area contributed by atoms with Crippen LogP contribution in [0.3, 0.4) is 0 Å². The van der Waals surface area contributed by atoms with Crippen molar-refractivity contribution >= 4 is 0 Å². The van der Waals surface area contributed by atoms with Gasteiger partial charge in [0.25, 0.3) is 0 Å². The SMILES string of the molecule is N#CC1(c2ccccc2)C[C@H]1COCc1ccccc1. The van der Waals surface area contributed by atoms with Gasteiger partial charge < -0.3 is 4.74 Å². The molecular formula is C18H17NO. The minimum absolute atomic E-state index is 0.318. The smallest absolute Gasteiger partial charge is 0.0877 e. The van der Waals surface area contributed by atoms with Gasteiger partial charge in [0.05, 0.1) is 24.7 Å². The Bertz CT molecular complexity index is 602. The van der Waals surface area contributed by atoms with Crippen molar-refractivity contribution in [2.24, 2.45) is 5.92 Å². The Labute approximate surface area is 119 Å². The Morgan fingerprint density at radius 1 is 1.05 bits per heavy atom. The van der Waals surface area contributed by atoms with E-state index in [1.165, 1.54) is 5.56 Å². The van der Waals surface area contributed by atoms with Crippen LogP contribution in [0.2, 0.25) is 0 Å². The molecule has 2 aromatic carbocycles. The quantitative estimate of drug-likeness (QED) is 0.824. The zero-order valence-electron chi connectivity index (χ0n) is 11.3. The van der Waals surface area contributed by atoms with E-state index in [9.17, 15) is 5.26 Å². The molecule has 0 radical (unpaired) electrons. The molecule has 20 heavy (non-hydrogen) atoms. The molecule has 2 atom stereocenters. The number of nitrogens with zero attached hydrogens (tertiary/aromatic N) is 1. The molecule has 100 valence electrons. The van der Waals surface area contributed by atoms with Crippen molar-refractivity contribution in [1.29, 1.82) is 5.26 Å². The standard InChI is InChI=1S/C18H17NO/c19-14-18(16-9-5-2-6-10-16)11-17(18)13-20-12-15-7-3-1-4-8-15/h1-10,17H,11-13H2/t17-,18?/m0/s1. The number of hydrogen-bond acceptors (Lipinski definition) is 2. The van der Waals surface area contributed by atoms with Crippen LogP contribution in [0.1, 0.15) is 17.5 Å². The van der Waals surface area contributed by atoms with Gasteiger partial charge in [-0.15, -0.1) is 0 Å². The summed E-state index contributed by atoms with van der Waals surface area (Å²) in [5, 5.41) is 9.49. The third-order valence-corrected chi connectivity index (χ3v) is 4.02. The lowest BCUT2D eigenvalue weighted by molar-refractivity contribution is 0.108. The fourth-order valence-electron chi connectivity index (χ4n) is 2.71. The Kier molecular flexibility index (Phi) is 3.54. The maximum absolute atomic E-state index is 9.49. The first-order valence-electron chi connectivity index (χ1n) is 6.93. The zero-order chi connectivity index (χ0) is 13.8. The van der Waals surface area contributed by atoms with Crippen molar-refractivity contribution in [3.05, 3.63) is 71.8 Å². The second-order valence-electron chi connectivity index (χ2n) is 5.35. The van der Waals surface area contributed by atoms with Crippen LogP contribution in [-0.2, 0) is 16.8 Å². The second-order valence-corrected chi connectivity index (χ2v) is 5.35. The van der Waals surface area contributed by atoms with Crippen molar-refractivity contribution in [1.82, 2.24) is 0 Å². The molecular weight excluding hydrogens is 246 g/mol. The minimum atomic E-state index is -0.321. The highest BCUT2D eigenvalue weighted by Gasteiger charge is 2.56. The number of ether oxygens (including phenoxy) is 1. The molecule has 0 bridgehead atoms. The molecule has 0 amide bonds. The van der Waals surface area contributed by atoms with Crippen molar-refractivity contribution in [2.75, 3.05) is 6.61 Å². The number of rotatable bonds is 5. The summed E-state index contributed by atoms with van der Waals surface area (Å²) in [7, 11) is 0. The summed E-state index contributed by atoms with van der Waals surface area (Å²) >= 11 is 0. The first-order valence-corrected chi connectivity index (χ1v) is 6.93. The Hall–Kier alpha value is -2.11. The summed E-state index contributed by atoms with van der Waals surface area (Å²) in [6, 6.07) is 22.7. The topological polar surface area (TPSA) is 33.0 Å². The molecule has 0 heterocycles. The van der Waals surface area contributed by atoms with Gasteiger partial charge >= 0.3 is 0 Å². The second kappa shape index (κ2) is 5.48. The van der Waals surface area contributed by atoms with E-state index in [0.29, 0.717) is 19.1 Å². The average Bonchev–Trinajstić information content (AvgIpc) is 3.24. The summed E-state index contributed by atoms with van der Waals surface area (Å²) in [5.41, 5.74) is 1.98. The van der Waals surface area contributed by atoms with E-state index in [4.69, 9.17) is 4.74 Å². The molecule has 2 nitrogen and oxygen atoms in total.